The van der Waals surface area contributed by atoms with Gasteiger partial charge in [0.2, 0.25) is 0 Å². The van der Waals surface area contributed by atoms with Crippen molar-refractivity contribution in [2.24, 2.45) is 0 Å². The summed E-state index contributed by atoms with van der Waals surface area (Å²) in [6, 6.07) is 8.98. The van der Waals surface area contributed by atoms with Crippen LogP contribution in [0.3, 0.4) is 0 Å². The van der Waals surface area contributed by atoms with E-state index in [4.69, 9.17) is 17.3 Å². The highest BCUT2D eigenvalue weighted by Crippen LogP contribution is 2.29. The maximum atomic E-state index is 13.2. The molecule has 2 aromatic rings. The first-order chi connectivity index (χ1) is 10.5. The van der Waals surface area contributed by atoms with Gasteiger partial charge in [-0.05, 0) is 42.2 Å². The molecule has 0 bridgehead atoms. The monoisotopic (exact) mass is 339 g/mol. The van der Waals surface area contributed by atoms with Crippen LogP contribution in [0.2, 0.25) is 5.02 Å². The maximum Gasteiger partial charge on any atom is 0.271 e. The molecule has 0 aromatic heterocycles. The molecule has 0 spiro atoms. The van der Waals surface area contributed by atoms with Crippen LogP contribution in [0.1, 0.15) is 17.3 Å². The minimum Gasteiger partial charge on any atom is -0.398 e. The van der Waals surface area contributed by atoms with E-state index in [1.165, 1.54) is 12.1 Å². The number of hydrogen-bond acceptors (Lipinski definition) is 4. The Morgan fingerprint density at radius 2 is 2.09 bits per heavy atom. The van der Waals surface area contributed by atoms with Crippen LogP contribution in [0.15, 0.2) is 41.3 Å². The molecular formula is C15H15ClFN3OS. The van der Waals surface area contributed by atoms with Crippen LogP contribution in [0.5, 0.6) is 0 Å². The third kappa shape index (κ3) is 4.05. The summed E-state index contributed by atoms with van der Waals surface area (Å²) in [6.07, 6.45) is 0. The standard InChI is InChI=1S/C15H15ClFN3OS/c1-2-22-14-6-3-9(16)7-13(14)19-20-15(21)11-8-10(17)4-5-12(11)18/h3-8,19H,2,18H2,1H3,(H,20,21). The van der Waals surface area contributed by atoms with Gasteiger partial charge in [0.05, 0.1) is 11.3 Å². The highest BCUT2D eigenvalue weighted by atomic mass is 35.5. The number of benzene rings is 2. The number of nitrogens with two attached hydrogens (primary N) is 1. The largest absolute Gasteiger partial charge is 0.398 e. The van der Waals surface area contributed by atoms with Gasteiger partial charge in [0, 0.05) is 15.6 Å². The molecule has 0 aliphatic rings. The molecule has 7 heteroatoms. The summed E-state index contributed by atoms with van der Waals surface area (Å²) in [5.41, 5.74) is 11.9. The number of hydrazine groups is 1. The number of thioether (sulfide) groups is 1. The Morgan fingerprint density at radius 3 is 2.82 bits per heavy atom. The van der Waals surface area contributed by atoms with Crippen LogP contribution in [-0.4, -0.2) is 11.7 Å². The zero-order valence-corrected chi connectivity index (χ0v) is 13.4. The molecule has 0 unspecified atom stereocenters. The van der Waals surface area contributed by atoms with Crippen molar-refractivity contribution in [1.29, 1.82) is 0 Å². The van der Waals surface area contributed by atoms with Gasteiger partial charge in [-0.1, -0.05) is 18.5 Å². The Bertz CT molecular complexity index is 696. The minimum absolute atomic E-state index is 0.0687. The summed E-state index contributed by atoms with van der Waals surface area (Å²) >= 11 is 7.57. The Labute approximate surface area is 137 Å². The van der Waals surface area contributed by atoms with Crippen molar-refractivity contribution in [1.82, 2.24) is 5.43 Å². The maximum absolute atomic E-state index is 13.2. The number of carbonyl (C=O) groups is 1. The van der Waals surface area contributed by atoms with Crippen LogP contribution in [0, 0.1) is 5.82 Å². The fourth-order valence-electron chi connectivity index (χ4n) is 1.80. The first kappa shape index (κ1) is 16.5. The Morgan fingerprint density at radius 1 is 1.32 bits per heavy atom. The fourth-order valence-corrected chi connectivity index (χ4v) is 2.71. The van der Waals surface area contributed by atoms with E-state index in [2.05, 4.69) is 10.9 Å². The average Bonchev–Trinajstić information content (AvgIpc) is 2.49. The van der Waals surface area contributed by atoms with Gasteiger partial charge in [0.1, 0.15) is 5.82 Å². The van der Waals surface area contributed by atoms with Crippen LogP contribution in [-0.2, 0) is 0 Å². The summed E-state index contributed by atoms with van der Waals surface area (Å²) in [6.45, 7) is 2.02. The van der Waals surface area contributed by atoms with Gasteiger partial charge >= 0.3 is 0 Å². The molecule has 1 amide bonds. The molecule has 0 heterocycles. The number of nitrogens with one attached hydrogen (secondary N) is 2. The number of amides is 1. The van der Waals surface area contributed by atoms with Gasteiger partial charge < -0.3 is 5.73 Å². The van der Waals surface area contributed by atoms with Gasteiger partial charge in [-0.25, -0.2) is 4.39 Å². The molecule has 22 heavy (non-hydrogen) atoms. The molecule has 0 atom stereocenters. The number of halogens is 2. The van der Waals surface area contributed by atoms with E-state index < -0.39 is 11.7 Å². The molecule has 0 fully saturated rings. The predicted molar refractivity (Wildman–Crippen MR) is 89.8 cm³/mol. The van der Waals surface area contributed by atoms with Gasteiger partial charge in [0.25, 0.3) is 5.91 Å². The minimum atomic E-state index is -0.524. The summed E-state index contributed by atoms with van der Waals surface area (Å²) < 4.78 is 13.2. The fraction of sp³-hybridized carbons (Fsp3) is 0.133. The lowest BCUT2D eigenvalue weighted by atomic mass is 10.1. The zero-order valence-electron chi connectivity index (χ0n) is 11.8. The first-order valence-electron chi connectivity index (χ1n) is 6.55. The third-order valence-electron chi connectivity index (χ3n) is 2.81. The molecule has 0 saturated heterocycles. The lowest BCUT2D eigenvalue weighted by Gasteiger charge is -2.13. The summed E-state index contributed by atoms with van der Waals surface area (Å²) in [4.78, 5) is 13.0. The SMILES string of the molecule is CCSc1ccc(Cl)cc1NNC(=O)c1cc(F)ccc1N. The number of carbonyl (C=O) groups excluding carboxylic acids is 1. The van der Waals surface area contributed by atoms with E-state index in [0.29, 0.717) is 10.7 Å². The van der Waals surface area contributed by atoms with Crippen molar-refractivity contribution >= 4 is 40.6 Å². The van der Waals surface area contributed by atoms with Crippen LogP contribution < -0.4 is 16.6 Å². The summed E-state index contributed by atoms with van der Waals surface area (Å²) in [5, 5.41) is 0.544. The van der Waals surface area contributed by atoms with Gasteiger partial charge in [-0.3, -0.25) is 15.6 Å². The van der Waals surface area contributed by atoms with E-state index >= 15 is 0 Å². The van der Waals surface area contributed by atoms with Crippen molar-refractivity contribution in [3.8, 4) is 0 Å². The van der Waals surface area contributed by atoms with E-state index in [0.717, 1.165) is 16.7 Å². The molecule has 0 aliphatic heterocycles. The van der Waals surface area contributed by atoms with Crippen molar-refractivity contribution in [3.05, 3.63) is 52.8 Å². The number of anilines is 2. The predicted octanol–water partition coefficient (Wildman–Crippen LogP) is 3.93. The number of nitrogen functional groups attached to an aromatic ring is 1. The van der Waals surface area contributed by atoms with E-state index in [1.54, 1.807) is 23.9 Å². The first-order valence-corrected chi connectivity index (χ1v) is 7.91. The third-order valence-corrected chi connectivity index (χ3v) is 4.00. The van der Waals surface area contributed by atoms with Crippen LogP contribution in [0.25, 0.3) is 0 Å². The van der Waals surface area contributed by atoms with Gasteiger partial charge in [0.15, 0.2) is 0 Å². The Hall–Kier alpha value is -1.92. The Balaban J connectivity index is 2.14. The molecule has 2 aromatic carbocycles. The summed E-state index contributed by atoms with van der Waals surface area (Å²) in [7, 11) is 0. The van der Waals surface area contributed by atoms with Crippen molar-refractivity contribution < 1.29 is 9.18 Å². The van der Waals surface area contributed by atoms with Crippen molar-refractivity contribution in [2.45, 2.75) is 11.8 Å². The second-order valence-electron chi connectivity index (χ2n) is 4.38. The quantitative estimate of drug-likeness (QED) is 0.438. The molecule has 4 nitrogen and oxygen atoms in total. The lowest BCUT2D eigenvalue weighted by molar-refractivity contribution is 0.0963. The molecule has 0 saturated carbocycles. The van der Waals surface area contributed by atoms with E-state index in [9.17, 15) is 9.18 Å². The van der Waals surface area contributed by atoms with E-state index in [1.807, 2.05) is 13.0 Å². The molecule has 4 N–H and O–H groups in total. The van der Waals surface area contributed by atoms with Crippen LogP contribution in [0.4, 0.5) is 15.8 Å². The van der Waals surface area contributed by atoms with Gasteiger partial charge in [-0.2, -0.15) is 0 Å². The highest BCUT2D eigenvalue weighted by Gasteiger charge is 2.11. The lowest BCUT2D eigenvalue weighted by Crippen LogP contribution is -2.30. The smallest absolute Gasteiger partial charge is 0.271 e. The summed E-state index contributed by atoms with van der Waals surface area (Å²) in [5.74, 6) is -0.171. The van der Waals surface area contributed by atoms with Crippen molar-refractivity contribution in [2.75, 3.05) is 16.9 Å². The van der Waals surface area contributed by atoms with E-state index in [-0.39, 0.29) is 11.3 Å². The number of rotatable bonds is 5. The average molecular weight is 340 g/mol. The zero-order chi connectivity index (χ0) is 16.1. The van der Waals surface area contributed by atoms with Crippen LogP contribution >= 0.6 is 23.4 Å². The Kier molecular flexibility index (Phi) is 5.51. The second kappa shape index (κ2) is 7.38. The molecular weight excluding hydrogens is 325 g/mol. The molecule has 0 aliphatic carbocycles. The highest BCUT2D eigenvalue weighted by molar-refractivity contribution is 7.99. The molecule has 2 rings (SSSR count). The molecule has 116 valence electrons. The molecule has 0 radical (unpaired) electrons. The number of hydrogen-bond donors (Lipinski definition) is 3. The second-order valence-corrected chi connectivity index (χ2v) is 6.13. The normalized spacial score (nSPS) is 10.3. The van der Waals surface area contributed by atoms with Gasteiger partial charge in [-0.15, -0.1) is 11.8 Å². The van der Waals surface area contributed by atoms with Crippen molar-refractivity contribution in [3.63, 3.8) is 0 Å². The topological polar surface area (TPSA) is 67.1 Å².